The molecule has 0 saturated heterocycles. The highest BCUT2D eigenvalue weighted by atomic mass is 32.1. The van der Waals surface area contributed by atoms with Gasteiger partial charge in [0.25, 0.3) is 0 Å². The summed E-state index contributed by atoms with van der Waals surface area (Å²) in [6.07, 6.45) is 8.52. The molecule has 0 atom stereocenters. The number of para-hydroxylation sites is 1. The summed E-state index contributed by atoms with van der Waals surface area (Å²) in [4.78, 5) is 2.32. The van der Waals surface area contributed by atoms with E-state index in [9.17, 15) is 0 Å². The Balaban J connectivity index is 0.892. The van der Waals surface area contributed by atoms with Crippen molar-refractivity contribution in [1.82, 2.24) is 0 Å². The molecule has 11 aromatic rings. The first kappa shape index (κ1) is 38.0. The van der Waals surface area contributed by atoms with E-state index in [0.717, 1.165) is 33.9 Å². The van der Waals surface area contributed by atoms with Crippen molar-refractivity contribution in [3.8, 4) is 44.5 Å². The third-order valence-corrected chi connectivity index (χ3v) is 14.8. The Morgan fingerprint density at radius 1 is 0.422 bits per heavy atom. The minimum Gasteiger partial charge on any atom is -0.355 e. The summed E-state index contributed by atoms with van der Waals surface area (Å²) in [5.41, 5.74) is 16.1. The Hall–Kier alpha value is -7.76. The molecule has 4 heteroatoms. The van der Waals surface area contributed by atoms with E-state index in [1.54, 1.807) is 0 Å². The number of hydrogen-bond acceptors (Lipinski definition) is 4. The topological polar surface area (TPSA) is 15.3 Å². The van der Waals surface area contributed by atoms with E-state index in [1.165, 1.54) is 84.9 Å². The van der Waals surface area contributed by atoms with E-state index < -0.39 is 0 Å². The fourth-order valence-electron chi connectivity index (χ4n) is 9.29. The minimum absolute atomic E-state index is 0.996. The van der Waals surface area contributed by atoms with Gasteiger partial charge in [0.1, 0.15) is 0 Å². The van der Waals surface area contributed by atoms with Crippen molar-refractivity contribution in [3.05, 3.63) is 237 Å². The molecule has 2 nitrogen and oxygen atoms in total. The van der Waals surface area contributed by atoms with Crippen LogP contribution in [0.15, 0.2) is 231 Å². The van der Waals surface area contributed by atoms with Gasteiger partial charge in [0.2, 0.25) is 0 Å². The Morgan fingerprint density at radius 2 is 1.08 bits per heavy atom. The Kier molecular flexibility index (Phi) is 9.40. The maximum Gasteiger partial charge on any atom is 0.0548 e. The van der Waals surface area contributed by atoms with Gasteiger partial charge in [-0.15, -0.1) is 22.7 Å². The normalized spacial score (nSPS) is 13.6. The summed E-state index contributed by atoms with van der Waals surface area (Å²) in [5, 5.41) is 8.85. The molecule has 0 unspecified atom stereocenters. The summed E-state index contributed by atoms with van der Waals surface area (Å²) < 4.78 is 5.15. The lowest BCUT2D eigenvalue weighted by atomic mass is 9.96. The van der Waals surface area contributed by atoms with Crippen molar-refractivity contribution >= 4 is 91.3 Å². The first-order valence-corrected chi connectivity index (χ1v) is 23.2. The van der Waals surface area contributed by atoms with Crippen LogP contribution in [0.25, 0.3) is 90.4 Å². The summed E-state index contributed by atoms with van der Waals surface area (Å²) in [7, 11) is 0. The Morgan fingerprint density at radius 3 is 2.00 bits per heavy atom. The molecule has 3 heterocycles. The molecule has 64 heavy (non-hydrogen) atoms. The van der Waals surface area contributed by atoms with Gasteiger partial charge >= 0.3 is 0 Å². The lowest BCUT2D eigenvalue weighted by molar-refractivity contribution is 1.28. The van der Waals surface area contributed by atoms with Crippen molar-refractivity contribution < 1.29 is 0 Å². The average Bonchev–Trinajstić information content (AvgIpc) is 3.92. The van der Waals surface area contributed by atoms with Gasteiger partial charge < -0.3 is 10.2 Å². The number of nitrogens with zero attached hydrogens (tertiary/aromatic N) is 1. The van der Waals surface area contributed by atoms with Gasteiger partial charge in [-0.2, -0.15) is 0 Å². The van der Waals surface area contributed by atoms with E-state index in [-0.39, 0.29) is 0 Å². The van der Waals surface area contributed by atoms with E-state index in [1.807, 2.05) is 22.7 Å². The van der Waals surface area contributed by atoms with Crippen molar-refractivity contribution in [2.24, 2.45) is 0 Å². The molecule has 0 saturated carbocycles. The molecule has 2 aromatic heterocycles. The fourth-order valence-corrected chi connectivity index (χ4v) is 11.8. The van der Waals surface area contributed by atoms with Crippen LogP contribution in [0, 0.1) is 0 Å². The molecule has 1 aliphatic heterocycles. The Labute approximate surface area is 380 Å². The quantitative estimate of drug-likeness (QED) is 0.172. The monoisotopic (exact) mass is 852 g/mol. The SMILES string of the molecule is C=C1/C=C\C=C/N(c2cccc(-c3cccc(-c4cccc5c4sc4ccccc45)c3)c2)c2ccc3c(sc4ccc(-c5cccc(Nc6ccccc6-c6ccccc6)c5)cc43)c21. The van der Waals surface area contributed by atoms with Gasteiger partial charge in [-0.05, 0) is 111 Å². The van der Waals surface area contributed by atoms with Gasteiger partial charge in [-0.3, -0.25) is 0 Å². The number of nitrogens with one attached hydrogen (secondary N) is 1. The number of thiophene rings is 2. The third-order valence-electron chi connectivity index (χ3n) is 12.4. The first-order chi connectivity index (χ1) is 31.6. The molecule has 0 fully saturated rings. The molecule has 0 radical (unpaired) electrons. The number of rotatable bonds is 7. The maximum atomic E-state index is 4.63. The van der Waals surface area contributed by atoms with Crippen LogP contribution in [-0.2, 0) is 0 Å². The van der Waals surface area contributed by atoms with Crippen molar-refractivity contribution in [1.29, 1.82) is 0 Å². The largest absolute Gasteiger partial charge is 0.355 e. The maximum absolute atomic E-state index is 4.63. The molecular weight excluding hydrogens is 813 g/mol. The van der Waals surface area contributed by atoms with Gasteiger partial charge in [0.05, 0.1) is 5.69 Å². The van der Waals surface area contributed by atoms with Crippen LogP contribution in [0.4, 0.5) is 22.7 Å². The predicted molar refractivity (Wildman–Crippen MR) is 280 cm³/mol. The first-order valence-electron chi connectivity index (χ1n) is 21.6. The van der Waals surface area contributed by atoms with Gasteiger partial charge in [0, 0.05) is 74.7 Å². The molecule has 0 spiro atoms. The van der Waals surface area contributed by atoms with Gasteiger partial charge in [0.15, 0.2) is 0 Å². The van der Waals surface area contributed by atoms with Crippen molar-refractivity contribution in [2.45, 2.75) is 0 Å². The summed E-state index contributed by atoms with van der Waals surface area (Å²) >= 11 is 3.72. The molecule has 302 valence electrons. The molecule has 0 bridgehead atoms. The fraction of sp³-hybridized carbons (Fsp3) is 0. The van der Waals surface area contributed by atoms with Crippen molar-refractivity contribution in [3.63, 3.8) is 0 Å². The number of anilines is 4. The highest BCUT2D eigenvalue weighted by molar-refractivity contribution is 7.26. The van der Waals surface area contributed by atoms with Crippen molar-refractivity contribution in [2.75, 3.05) is 10.2 Å². The molecule has 1 aliphatic rings. The Bertz CT molecular complexity index is 3680. The average molecular weight is 853 g/mol. The summed E-state index contributed by atoms with van der Waals surface area (Å²) in [6.45, 7) is 4.63. The highest BCUT2D eigenvalue weighted by Gasteiger charge is 2.21. The zero-order chi connectivity index (χ0) is 42.6. The number of fused-ring (bicyclic) bond motifs is 8. The summed E-state index contributed by atoms with van der Waals surface area (Å²) in [6, 6.07) is 72.6. The third kappa shape index (κ3) is 6.72. The van der Waals surface area contributed by atoms with Crippen LogP contribution >= 0.6 is 22.7 Å². The van der Waals surface area contributed by atoms with Gasteiger partial charge in [-0.1, -0.05) is 158 Å². The second-order valence-electron chi connectivity index (χ2n) is 16.3. The van der Waals surface area contributed by atoms with E-state index in [2.05, 4.69) is 241 Å². The standard InChI is InChI=1S/C60H40N2S2/c1-39-15-9-10-34-62(47-23-13-20-43(37-47)41-18-11-21-45(35-41)49-26-14-27-51-50-25-6-8-29-56(50)63-59(49)51)55-32-31-52-53-38-44(30-33-57(53)64-60(52)58(39)55)42-19-12-22-46(36-42)61-54-28-7-5-24-48(54)40-16-3-2-4-17-40/h2-38,61H,1H2/b15-9-,34-10-. The second-order valence-corrected chi connectivity index (χ2v) is 18.4. The number of hydrogen-bond donors (Lipinski definition) is 1. The van der Waals surface area contributed by atoms with Crippen LogP contribution < -0.4 is 10.2 Å². The molecule has 12 rings (SSSR count). The molecule has 9 aromatic carbocycles. The zero-order valence-electron chi connectivity index (χ0n) is 34.8. The smallest absolute Gasteiger partial charge is 0.0548 e. The van der Waals surface area contributed by atoms with Crippen LogP contribution in [0.1, 0.15) is 5.56 Å². The minimum atomic E-state index is 0.996. The summed E-state index contributed by atoms with van der Waals surface area (Å²) in [5.74, 6) is 0. The predicted octanol–water partition coefficient (Wildman–Crippen LogP) is 18.1. The molecule has 0 amide bonds. The molecule has 1 N–H and O–H groups in total. The van der Waals surface area contributed by atoms with Crippen LogP contribution in [-0.4, -0.2) is 0 Å². The van der Waals surface area contributed by atoms with Crippen LogP contribution in [0.5, 0.6) is 0 Å². The molecular formula is C60H40N2S2. The number of allylic oxidation sites excluding steroid dienone is 4. The highest BCUT2D eigenvalue weighted by Crippen LogP contribution is 2.47. The van der Waals surface area contributed by atoms with Gasteiger partial charge in [-0.25, -0.2) is 0 Å². The lowest BCUT2D eigenvalue weighted by Crippen LogP contribution is -2.11. The second kappa shape index (κ2) is 15.9. The van der Waals surface area contributed by atoms with E-state index >= 15 is 0 Å². The van der Waals surface area contributed by atoms with Crippen LogP contribution in [0.3, 0.4) is 0 Å². The van der Waals surface area contributed by atoms with E-state index in [4.69, 9.17) is 0 Å². The molecule has 0 aliphatic carbocycles. The number of benzene rings is 9. The van der Waals surface area contributed by atoms with E-state index in [0.29, 0.717) is 0 Å². The van der Waals surface area contributed by atoms with Crippen LogP contribution in [0.2, 0.25) is 0 Å². The zero-order valence-corrected chi connectivity index (χ0v) is 36.5. The lowest BCUT2D eigenvalue weighted by Gasteiger charge is -2.26.